The first-order valence-electron chi connectivity index (χ1n) is 3.31. The third-order valence-electron chi connectivity index (χ3n) is 1.55. The van der Waals surface area contributed by atoms with Gasteiger partial charge in [-0.25, -0.2) is 0 Å². The van der Waals surface area contributed by atoms with Gasteiger partial charge in [0.1, 0.15) is 11.3 Å². The lowest BCUT2D eigenvalue weighted by Gasteiger charge is -1.82. The quantitative estimate of drug-likeness (QED) is 0.589. The molecule has 0 atom stereocenters. The highest BCUT2D eigenvalue weighted by atomic mass is 35.5. The Kier molecular flexibility index (Phi) is 2.20. The number of fused-ring (bicyclic) bond motifs is 1. The van der Waals surface area contributed by atoms with Crippen LogP contribution < -0.4 is 0 Å². The Hall–Kier alpha value is -0.950. The molecule has 0 saturated heterocycles. The van der Waals surface area contributed by atoms with Crippen LogP contribution in [0.2, 0.25) is 0 Å². The highest BCUT2D eigenvalue weighted by Crippen LogP contribution is 2.17. The van der Waals surface area contributed by atoms with Crippen LogP contribution in [-0.2, 0) is 0 Å². The summed E-state index contributed by atoms with van der Waals surface area (Å²) in [5.41, 5.74) is 0.972. The maximum absolute atomic E-state index is 5.37. The first kappa shape index (κ1) is 8.15. The monoisotopic (exact) mass is 168 g/mol. The predicted octanol–water partition coefficient (Wildman–Crippen LogP) is 3.16. The fraction of sp³-hybridized carbons (Fsp3) is 0.111. The van der Waals surface area contributed by atoms with E-state index in [0.29, 0.717) is 0 Å². The van der Waals surface area contributed by atoms with E-state index in [1.807, 2.05) is 37.3 Å². The summed E-state index contributed by atoms with van der Waals surface area (Å²) in [6.07, 6.45) is 0. The molecule has 2 heteroatoms. The van der Waals surface area contributed by atoms with Gasteiger partial charge >= 0.3 is 0 Å². The van der Waals surface area contributed by atoms with Gasteiger partial charge in [-0.15, -0.1) is 12.4 Å². The molecule has 1 heterocycles. The summed E-state index contributed by atoms with van der Waals surface area (Å²) < 4.78 is 5.37. The Morgan fingerprint density at radius 1 is 1.18 bits per heavy atom. The third-order valence-corrected chi connectivity index (χ3v) is 1.55. The number of benzene rings is 1. The second-order valence-corrected chi connectivity index (χ2v) is 2.39. The second kappa shape index (κ2) is 2.97. The lowest BCUT2D eigenvalue weighted by Crippen LogP contribution is -1.57. The van der Waals surface area contributed by atoms with Crippen LogP contribution in [0.15, 0.2) is 34.7 Å². The van der Waals surface area contributed by atoms with Crippen LogP contribution in [0.25, 0.3) is 11.0 Å². The molecule has 2 rings (SSSR count). The van der Waals surface area contributed by atoms with E-state index < -0.39 is 0 Å². The predicted molar refractivity (Wildman–Crippen MR) is 48.2 cm³/mol. The van der Waals surface area contributed by atoms with E-state index in [1.54, 1.807) is 0 Å². The van der Waals surface area contributed by atoms with Gasteiger partial charge in [0.05, 0.1) is 0 Å². The summed E-state index contributed by atoms with van der Waals surface area (Å²) in [6.45, 7) is 1.96. The van der Waals surface area contributed by atoms with E-state index in [0.717, 1.165) is 11.3 Å². The minimum absolute atomic E-state index is 0. The average molecular weight is 169 g/mol. The van der Waals surface area contributed by atoms with Crippen LogP contribution in [-0.4, -0.2) is 0 Å². The molecule has 58 valence electrons. The second-order valence-electron chi connectivity index (χ2n) is 2.39. The van der Waals surface area contributed by atoms with Crippen molar-refractivity contribution in [1.29, 1.82) is 0 Å². The normalized spacial score (nSPS) is 9.55. The zero-order valence-electron chi connectivity index (χ0n) is 6.20. The molecule has 0 aliphatic heterocycles. The molecule has 0 N–H and O–H groups in total. The topological polar surface area (TPSA) is 13.1 Å². The third kappa shape index (κ3) is 1.38. The zero-order valence-corrected chi connectivity index (χ0v) is 7.02. The molecule has 0 radical (unpaired) electrons. The van der Waals surface area contributed by atoms with E-state index >= 15 is 0 Å². The van der Waals surface area contributed by atoms with E-state index in [1.165, 1.54) is 5.39 Å². The van der Waals surface area contributed by atoms with Crippen LogP contribution in [0.3, 0.4) is 0 Å². The van der Waals surface area contributed by atoms with E-state index in [2.05, 4.69) is 0 Å². The lowest BCUT2D eigenvalue weighted by molar-refractivity contribution is 0.578. The van der Waals surface area contributed by atoms with Gasteiger partial charge in [0.15, 0.2) is 0 Å². The van der Waals surface area contributed by atoms with Gasteiger partial charge in [-0.05, 0) is 19.1 Å². The molecule has 1 aromatic carbocycles. The number of furan rings is 1. The standard InChI is InChI=1S/C9H8O.ClH/c1-7-6-8-4-2-3-5-9(8)10-7;/h2-6H,1H3;1H. The van der Waals surface area contributed by atoms with Crippen LogP contribution in [0.4, 0.5) is 0 Å². The Balaban J connectivity index is 0.000000605. The Morgan fingerprint density at radius 2 is 1.91 bits per heavy atom. The van der Waals surface area contributed by atoms with Gasteiger partial charge in [-0.3, -0.25) is 0 Å². The molecule has 1 aromatic heterocycles. The first-order valence-corrected chi connectivity index (χ1v) is 3.31. The molecule has 0 unspecified atom stereocenters. The van der Waals surface area contributed by atoms with Crippen molar-refractivity contribution in [2.24, 2.45) is 0 Å². The minimum Gasteiger partial charge on any atom is -0.461 e. The van der Waals surface area contributed by atoms with Crippen molar-refractivity contribution in [2.45, 2.75) is 6.92 Å². The van der Waals surface area contributed by atoms with Crippen molar-refractivity contribution in [3.8, 4) is 0 Å². The summed E-state index contributed by atoms with van der Waals surface area (Å²) in [5.74, 6) is 0.973. The van der Waals surface area contributed by atoms with Gasteiger partial charge in [-0.2, -0.15) is 0 Å². The summed E-state index contributed by atoms with van der Waals surface area (Å²) in [5, 5.41) is 1.18. The zero-order chi connectivity index (χ0) is 6.97. The van der Waals surface area contributed by atoms with Crippen molar-refractivity contribution in [2.75, 3.05) is 0 Å². The number of para-hydroxylation sites is 1. The summed E-state index contributed by atoms with van der Waals surface area (Å²) >= 11 is 0. The molecular weight excluding hydrogens is 160 g/mol. The molecule has 0 spiro atoms. The molecule has 0 aliphatic carbocycles. The van der Waals surface area contributed by atoms with E-state index in [-0.39, 0.29) is 12.4 Å². The van der Waals surface area contributed by atoms with Crippen LogP contribution in [0.1, 0.15) is 5.76 Å². The van der Waals surface area contributed by atoms with Crippen molar-refractivity contribution < 1.29 is 4.42 Å². The lowest BCUT2D eigenvalue weighted by atomic mass is 10.2. The highest BCUT2D eigenvalue weighted by Gasteiger charge is 1.95. The van der Waals surface area contributed by atoms with Crippen LogP contribution >= 0.6 is 12.4 Å². The fourth-order valence-corrected chi connectivity index (χ4v) is 1.11. The maximum Gasteiger partial charge on any atom is 0.134 e. The first-order chi connectivity index (χ1) is 4.86. The molecule has 11 heavy (non-hydrogen) atoms. The Bertz CT molecular complexity index is 318. The molecule has 0 fully saturated rings. The van der Waals surface area contributed by atoms with Gasteiger partial charge in [-0.1, -0.05) is 18.2 Å². The molecule has 0 bridgehead atoms. The Labute approximate surface area is 71.4 Å². The van der Waals surface area contributed by atoms with E-state index in [9.17, 15) is 0 Å². The number of hydrogen-bond acceptors (Lipinski definition) is 1. The van der Waals surface area contributed by atoms with E-state index in [4.69, 9.17) is 4.42 Å². The molecular formula is C9H9ClO. The number of rotatable bonds is 0. The van der Waals surface area contributed by atoms with Gasteiger partial charge in [0.2, 0.25) is 0 Å². The summed E-state index contributed by atoms with van der Waals surface area (Å²) in [7, 11) is 0. The molecule has 0 aliphatic rings. The van der Waals surface area contributed by atoms with Crippen molar-refractivity contribution >= 4 is 23.4 Å². The molecule has 2 aromatic rings. The SMILES string of the molecule is Cc1cc2ccccc2o1.Cl. The largest absolute Gasteiger partial charge is 0.461 e. The summed E-state index contributed by atoms with van der Waals surface area (Å²) in [4.78, 5) is 0. The van der Waals surface area contributed by atoms with Crippen molar-refractivity contribution in [1.82, 2.24) is 0 Å². The van der Waals surface area contributed by atoms with Gasteiger partial charge < -0.3 is 4.42 Å². The number of halogens is 1. The molecule has 0 amide bonds. The van der Waals surface area contributed by atoms with Crippen molar-refractivity contribution in [3.05, 3.63) is 36.1 Å². The number of hydrogen-bond donors (Lipinski definition) is 0. The molecule has 1 nitrogen and oxygen atoms in total. The smallest absolute Gasteiger partial charge is 0.134 e. The highest BCUT2D eigenvalue weighted by molar-refractivity contribution is 5.85. The average Bonchev–Trinajstić information content (AvgIpc) is 2.27. The Morgan fingerprint density at radius 3 is 2.64 bits per heavy atom. The molecule has 0 saturated carbocycles. The van der Waals surface area contributed by atoms with Crippen LogP contribution in [0.5, 0.6) is 0 Å². The minimum atomic E-state index is 0. The number of aryl methyl sites for hydroxylation is 1. The van der Waals surface area contributed by atoms with Crippen molar-refractivity contribution in [3.63, 3.8) is 0 Å². The van der Waals surface area contributed by atoms with Gasteiger partial charge in [0, 0.05) is 5.39 Å². The van der Waals surface area contributed by atoms with Crippen LogP contribution in [0, 0.1) is 6.92 Å². The summed E-state index contributed by atoms with van der Waals surface area (Å²) in [6, 6.07) is 10.0. The maximum atomic E-state index is 5.37. The fourth-order valence-electron chi connectivity index (χ4n) is 1.11. The van der Waals surface area contributed by atoms with Gasteiger partial charge in [0.25, 0.3) is 0 Å².